The molecule has 0 radical (unpaired) electrons. The number of fused-ring (bicyclic) bond motifs is 2. The van der Waals surface area contributed by atoms with Crippen LogP contribution in [-0.2, 0) is 10.0 Å². The Kier molecular flexibility index (Phi) is 5.70. The zero-order chi connectivity index (χ0) is 26.3. The van der Waals surface area contributed by atoms with Gasteiger partial charge >= 0.3 is 0 Å². The molecule has 1 aromatic heterocycles. The average Bonchev–Trinajstić information content (AvgIpc) is 2.92. The van der Waals surface area contributed by atoms with E-state index in [4.69, 9.17) is 0 Å². The molecular weight excluding hydrogens is 496 g/mol. The first kappa shape index (κ1) is 23.5. The summed E-state index contributed by atoms with van der Waals surface area (Å²) in [6, 6.07) is 31.9. The Bertz CT molecular complexity index is 1950. The number of nitrogens with zero attached hydrogens (tertiary/aromatic N) is 1. The van der Waals surface area contributed by atoms with Crippen molar-refractivity contribution >= 4 is 37.4 Å². The lowest BCUT2D eigenvalue weighted by molar-refractivity contribution is 0.475. The van der Waals surface area contributed by atoms with Crippen LogP contribution < -0.4 is 4.72 Å². The van der Waals surface area contributed by atoms with Crippen molar-refractivity contribution in [3.8, 4) is 33.8 Å². The fourth-order valence-corrected chi connectivity index (χ4v) is 5.96. The van der Waals surface area contributed by atoms with Crippen molar-refractivity contribution in [2.45, 2.75) is 4.90 Å². The Labute approximate surface area is 219 Å². The van der Waals surface area contributed by atoms with Gasteiger partial charge in [0, 0.05) is 22.8 Å². The molecule has 0 saturated carbocycles. The van der Waals surface area contributed by atoms with Crippen molar-refractivity contribution in [1.29, 1.82) is 0 Å². The standard InChI is InChI=1S/C31H22N2O4S/c34-26-10-2-6-21(19-26)22-12-14-27-23(17-22)13-15-28(35)30(27)24-7-1-9-25(18-24)33-38(36,37)29-11-3-5-20-8-4-16-32-31(20)29/h1-19,33-35H. The van der Waals surface area contributed by atoms with Gasteiger partial charge in [0.15, 0.2) is 0 Å². The van der Waals surface area contributed by atoms with Crippen molar-refractivity contribution in [1.82, 2.24) is 4.98 Å². The van der Waals surface area contributed by atoms with Gasteiger partial charge in [-0.2, -0.15) is 0 Å². The molecule has 6 aromatic rings. The number of anilines is 1. The molecule has 0 fully saturated rings. The summed E-state index contributed by atoms with van der Waals surface area (Å²) in [6.07, 6.45) is 1.57. The van der Waals surface area contributed by atoms with Crippen LogP contribution in [0.25, 0.3) is 43.9 Å². The maximum absolute atomic E-state index is 13.3. The van der Waals surface area contributed by atoms with Crippen LogP contribution in [0.1, 0.15) is 0 Å². The lowest BCUT2D eigenvalue weighted by Crippen LogP contribution is -2.13. The molecule has 0 bridgehead atoms. The van der Waals surface area contributed by atoms with Crippen molar-refractivity contribution in [3.05, 3.63) is 115 Å². The Morgan fingerprint density at radius 2 is 1.42 bits per heavy atom. The molecule has 7 heteroatoms. The highest BCUT2D eigenvalue weighted by molar-refractivity contribution is 7.93. The number of hydrogen-bond acceptors (Lipinski definition) is 5. The first-order valence-corrected chi connectivity index (χ1v) is 13.4. The van der Waals surface area contributed by atoms with E-state index in [1.54, 1.807) is 60.8 Å². The highest BCUT2D eigenvalue weighted by atomic mass is 32.2. The lowest BCUT2D eigenvalue weighted by atomic mass is 9.94. The lowest BCUT2D eigenvalue weighted by Gasteiger charge is -2.14. The third-order valence-electron chi connectivity index (χ3n) is 6.47. The number of aromatic nitrogens is 1. The van der Waals surface area contributed by atoms with Crippen molar-refractivity contribution in [3.63, 3.8) is 0 Å². The SMILES string of the molecule is O=S(=O)(Nc1cccc(-c2c(O)ccc3cc(-c4cccc(O)c4)ccc23)c1)c1cccc2cccnc12. The second kappa shape index (κ2) is 9.21. The van der Waals surface area contributed by atoms with Gasteiger partial charge in [-0.1, -0.05) is 60.7 Å². The quantitative estimate of drug-likeness (QED) is 0.230. The van der Waals surface area contributed by atoms with E-state index < -0.39 is 10.0 Å². The monoisotopic (exact) mass is 518 g/mol. The van der Waals surface area contributed by atoms with Crippen LogP contribution >= 0.6 is 0 Å². The fraction of sp³-hybridized carbons (Fsp3) is 0. The Morgan fingerprint density at radius 1 is 0.658 bits per heavy atom. The van der Waals surface area contributed by atoms with E-state index in [-0.39, 0.29) is 16.4 Å². The van der Waals surface area contributed by atoms with Crippen LogP contribution in [-0.4, -0.2) is 23.6 Å². The molecule has 0 spiro atoms. The molecule has 0 aliphatic heterocycles. The average molecular weight is 519 g/mol. The molecule has 1 heterocycles. The molecule has 6 nitrogen and oxygen atoms in total. The molecular formula is C31H22N2O4S. The maximum atomic E-state index is 13.3. The molecule has 0 saturated heterocycles. The van der Waals surface area contributed by atoms with E-state index in [1.807, 2.05) is 48.5 Å². The molecule has 3 N–H and O–H groups in total. The summed E-state index contributed by atoms with van der Waals surface area (Å²) in [4.78, 5) is 4.36. The number of rotatable bonds is 5. The number of para-hydroxylation sites is 1. The molecule has 5 aromatic carbocycles. The highest BCUT2D eigenvalue weighted by Gasteiger charge is 2.19. The summed E-state index contributed by atoms with van der Waals surface area (Å²) < 4.78 is 29.3. The Hall–Kier alpha value is -4.88. The molecule has 0 unspecified atom stereocenters. The summed E-state index contributed by atoms with van der Waals surface area (Å²) in [5.41, 5.74) is 3.82. The number of phenols is 2. The van der Waals surface area contributed by atoms with E-state index in [2.05, 4.69) is 9.71 Å². The van der Waals surface area contributed by atoms with Gasteiger partial charge in [0.2, 0.25) is 0 Å². The van der Waals surface area contributed by atoms with Gasteiger partial charge in [0.05, 0.1) is 5.52 Å². The number of pyridine rings is 1. The summed E-state index contributed by atoms with van der Waals surface area (Å²) in [6.45, 7) is 0. The van der Waals surface area contributed by atoms with Gasteiger partial charge in [-0.3, -0.25) is 9.71 Å². The van der Waals surface area contributed by atoms with Gasteiger partial charge in [-0.25, -0.2) is 8.42 Å². The van der Waals surface area contributed by atoms with Crippen LogP contribution in [0.2, 0.25) is 0 Å². The van der Waals surface area contributed by atoms with E-state index in [9.17, 15) is 18.6 Å². The van der Waals surface area contributed by atoms with Crippen LogP contribution in [0.4, 0.5) is 5.69 Å². The Morgan fingerprint density at radius 3 is 2.29 bits per heavy atom. The summed E-state index contributed by atoms with van der Waals surface area (Å²) >= 11 is 0. The van der Waals surface area contributed by atoms with Gasteiger partial charge in [-0.05, 0) is 76.0 Å². The zero-order valence-corrected chi connectivity index (χ0v) is 20.9. The summed E-state index contributed by atoms with van der Waals surface area (Å²) in [5, 5.41) is 23.1. The van der Waals surface area contributed by atoms with E-state index in [1.165, 1.54) is 6.07 Å². The third-order valence-corrected chi connectivity index (χ3v) is 7.88. The second-order valence-electron chi connectivity index (χ2n) is 8.96. The zero-order valence-electron chi connectivity index (χ0n) is 20.0. The van der Waals surface area contributed by atoms with E-state index >= 15 is 0 Å². The predicted molar refractivity (Wildman–Crippen MR) is 151 cm³/mol. The largest absolute Gasteiger partial charge is 0.508 e. The van der Waals surface area contributed by atoms with E-state index in [0.29, 0.717) is 22.3 Å². The van der Waals surface area contributed by atoms with Gasteiger partial charge in [0.25, 0.3) is 10.0 Å². The molecule has 0 aliphatic carbocycles. The minimum Gasteiger partial charge on any atom is -0.508 e. The second-order valence-corrected chi connectivity index (χ2v) is 10.6. The highest BCUT2D eigenvalue weighted by Crippen LogP contribution is 2.39. The van der Waals surface area contributed by atoms with Crippen LogP contribution in [0.3, 0.4) is 0 Å². The molecule has 0 aliphatic rings. The molecule has 6 rings (SSSR count). The molecule has 186 valence electrons. The first-order chi connectivity index (χ1) is 18.4. The fourth-order valence-electron chi connectivity index (χ4n) is 4.73. The third kappa shape index (κ3) is 4.29. The first-order valence-electron chi connectivity index (χ1n) is 11.9. The molecule has 0 amide bonds. The van der Waals surface area contributed by atoms with Gasteiger partial charge in [0.1, 0.15) is 16.4 Å². The van der Waals surface area contributed by atoms with Gasteiger partial charge in [-0.15, -0.1) is 0 Å². The predicted octanol–water partition coefficient (Wildman–Crippen LogP) is 6.93. The molecule has 38 heavy (non-hydrogen) atoms. The summed E-state index contributed by atoms with van der Waals surface area (Å²) in [5.74, 6) is 0.272. The number of phenolic OH excluding ortho intramolecular Hbond substituents is 2. The topological polar surface area (TPSA) is 99.5 Å². The number of aromatic hydroxyl groups is 2. The van der Waals surface area contributed by atoms with E-state index in [0.717, 1.165) is 27.3 Å². The minimum absolute atomic E-state index is 0.0841. The minimum atomic E-state index is -3.93. The van der Waals surface area contributed by atoms with Crippen LogP contribution in [0, 0.1) is 0 Å². The van der Waals surface area contributed by atoms with Crippen LogP contribution in [0.5, 0.6) is 11.5 Å². The number of benzene rings is 5. The maximum Gasteiger partial charge on any atom is 0.264 e. The smallest absolute Gasteiger partial charge is 0.264 e. The number of sulfonamides is 1. The van der Waals surface area contributed by atoms with Crippen LogP contribution in [0.15, 0.2) is 120 Å². The number of hydrogen-bond donors (Lipinski definition) is 3. The molecule has 0 atom stereocenters. The Balaban J connectivity index is 1.40. The van der Waals surface area contributed by atoms with Gasteiger partial charge < -0.3 is 10.2 Å². The van der Waals surface area contributed by atoms with Crippen molar-refractivity contribution < 1.29 is 18.6 Å². The van der Waals surface area contributed by atoms with Crippen molar-refractivity contribution in [2.75, 3.05) is 4.72 Å². The normalized spacial score (nSPS) is 11.6. The van der Waals surface area contributed by atoms with Crippen molar-refractivity contribution in [2.24, 2.45) is 0 Å². The number of nitrogens with one attached hydrogen (secondary N) is 1. The summed E-state index contributed by atoms with van der Waals surface area (Å²) in [7, 11) is -3.93.